The summed E-state index contributed by atoms with van der Waals surface area (Å²) in [6.45, 7) is 0.677. The van der Waals surface area contributed by atoms with E-state index in [0.29, 0.717) is 24.7 Å². The second kappa shape index (κ2) is 9.91. The van der Waals surface area contributed by atoms with Crippen molar-refractivity contribution in [3.8, 4) is 11.5 Å². The number of hydrogen-bond donors (Lipinski definition) is 2. The third-order valence-corrected chi connectivity index (χ3v) is 5.50. The van der Waals surface area contributed by atoms with E-state index >= 15 is 0 Å². The Balaban J connectivity index is 1.74. The molecule has 3 aromatic carbocycles. The Kier molecular flexibility index (Phi) is 7.05. The fourth-order valence-corrected chi connectivity index (χ4v) is 3.73. The summed E-state index contributed by atoms with van der Waals surface area (Å²) < 4.78 is 38.7. The number of amides is 1. The van der Waals surface area contributed by atoms with Gasteiger partial charge in [0.05, 0.1) is 22.8 Å². The Hall–Kier alpha value is -3.36. The van der Waals surface area contributed by atoms with E-state index in [-0.39, 0.29) is 16.1 Å². The van der Waals surface area contributed by atoms with E-state index in [1.807, 2.05) is 18.2 Å². The van der Waals surface area contributed by atoms with E-state index in [2.05, 4.69) is 10.0 Å². The molecular formula is C22H22N2O5S. The van der Waals surface area contributed by atoms with Crippen LogP contribution in [0.5, 0.6) is 11.5 Å². The van der Waals surface area contributed by atoms with Gasteiger partial charge in [-0.05, 0) is 48.5 Å². The zero-order chi connectivity index (χ0) is 21.4. The molecule has 0 aliphatic heterocycles. The van der Waals surface area contributed by atoms with Gasteiger partial charge in [-0.15, -0.1) is 0 Å². The molecule has 30 heavy (non-hydrogen) atoms. The minimum atomic E-state index is -3.89. The molecule has 2 N–H and O–H groups in total. The first-order valence-corrected chi connectivity index (χ1v) is 10.7. The minimum Gasteiger partial charge on any atom is -0.457 e. The zero-order valence-corrected chi connectivity index (χ0v) is 17.2. The molecule has 0 unspecified atom stereocenters. The van der Waals surface area contributed by atoms with Crippen molar-refractivity contribution in [3.63, 3.8) is 0 Å². The highest BCUT2D eigenvalue weighted by Crippen LogP contribution is 2.24. The smallest absolute Gasteiger partial charge is 0.261 e. The zero-order valence-electron chi connectivity index (χ0n) is 16.4. The van der Waals surface area contributed by atoms with Crippen LogP contribution in [0.15, 0.2) is 83.8 Å². The normalized spacial score (nSPS) is 11.0. The number of nitrogens with one attached hydrogen (secondary N) is 2. The van der Waals surface area contributed by atoms with Gasteiger partial charge in [0.25, 0.3) is 15.9 Å². The maximum Gasteiger partial charge on any atom is 0.261 e. The third-order valence-electron chi connectivity index (χ3n) is 4.12. The number of carbonyl (C=O) groups is 1. The summed E-state index contributed by atoms with van der Waals surface area (Å²) in [5, 5.41) is 2.68. The number of hydrogen-bond acceptors (Lipinski definition) is 5. The van der Waals surface area contributed by atoms with Crippen molar-refractivity contribution in [2.75, 3.05) is 25.0 Å². The molecule has 8 heteroatoms. The van der Waals surface area contributed by atoms with Crippen molar-refractivity contribution in [2.24, 2.45) is 0 Å². The van der Waals surface area contributed by atoms with Crippen molar-refractivity contribution in [1.29, 1.82) is 0 Å². The Labute approximate surface area is 175 Å². The monoisotopic (exact) mass is 426 g/mol. The maximum absolute atomic E-state index is 12.8. The predicted molar refractivity (Wildman–Crippen MR) is 114 cm³/mol. The molecule has 1 amide bonds. The highest BCUT2D eigenvalue weighted by atomic mass is 32.2. The Morgan fingerprint density at radius 3 is 2.20 bits per heavy atom. The van der Waals surface area contributed by atoms with Gasteiger partial charge in [0.15, 0.2) is 0 Å². The highest BCUT2D eigenvalue weighted by Gasteiger charge is 2.18. The first-order valence-electron chi connectivity index (χ1n) is 9.21. The van der Waals surface area contributed by atoms with Crippen molar-refractivity contribution in [2.45, 2.75) is 4.90 Å². The van der Waals surface area contributed by atoms with Crippen LogP contribution >= 0.6 is 0 Å². The summed E-state index contributed by atoms with van der Waals surface area (Å²) in [5.41, 5.74) is 0.415. The summed E-state index contributed by atoms with van der Waals surface area (Å²) in [7, 11) is -2.36. The fourth-order valence-electron chi connectivity index (χ4n) is 2.65. The molecule has 0 spiro atoms. The van der Waals surface area contributed by atoms with Crippen molar-refractivity contribution in [3.05, 3.63) is 84.4 Å². The van der Waals surface area contributed by atoms with Crippen LogP contribution in [0.3, 0.4) is 0 Å². The van der Waals surface area contributed by atoms with E-state index in [9.17, 15) is 13.2 Å². The van der Waals surface area contributed by atoms with Crippen LogP contribution in [0.25, 0.3) is 0 Å². The lowest BCUT2D eigenvalue weighted by molar-refractivity contribution is 0.0938. The lowest BCUT2D eigenvalue weighted by atomic mass is 10.2. The van der Waals surface area contributed by atoms with Crippen LogP contribution in [-0.4, -0.2) is 34.6 Å². The molecule has 0 radical (unpaired) electrons. The summed E-state index contributed by atoms with van der Waals surface area (Å²) in [6, 6.07) is 21.6. The van der Waals surface area contributed by atoms with Gasteiger partial charge in [0, 0.05) is 13.7 Å². The van der Waals surface area contributed by atoms with E-state index in [4.69, 9.17) is 9.47 Å². The molecule has 0 bridgehead atoms. The standard InChI is InChI=1S/C22H22N2O5S/c1-28-16-15-23-22(25)20-9-5-6-10-21(20)24-30(26,27)19-13-11-18(12-14-19)29-17-7-3-2-4-8-17/h2-14,24H,15-16H2,1H3,(H,23,25). The maximum atomic E-state index is 12.8. The van der Waals surface area contributed by atoms with Crippen molar-refractivity contribution >= 4 is 21.6 Å². The number of ether oxygens (including phenoxy) is 2. The highest BCUT2D eigenvalue weighted by molar-refractivity contribution is 7.92. The topological polar surface area (TPSA) is 93.7 Å². The van der Waals surface area contributed by atoms with Gasteiger partial charge in [-0.25, -0.2) is 8.42 Å². The summed E-state index contributed by atoms with van der Waals surface area (Å²) in [6.07, 6.45) is 0. The van der Waals surface area contributed by atoms with E-state index in [0.717, 1.165) is 0 Å². The average molecular weight is 426 g/mol. The van der Waals surface area contributed by atoms with Gasteiger partial charge in [0.1, 0.15) is 11.5 Å². The van der Waals surface area contributed by atoms with E-state index < -0.39 is 15.9 Å². The van der Waals surface area contributed by atoms with Crippen molar-refractivity contribution in [1.82, 2.24) is 5.32 Å². The molecule has 0 aromatic heterocycles. The third kappa shape index (κ3) is 5.59. The van der Waals surface area contributed by atoms with Gasteiger partial charge in [0.2, 0.25) is 0 Å². The number of anilines is 1. The number of methoxy groups -OCH3 is 1. The molecule has 0 saturated heterocycles. The second-order valence-corrected chi connectivity index (χ2v) is 7.97. The Bertz CT molecular complexity index is 1080. The molecule has 0 heterocycles. The van der Waals surface area contributed by atoms with Gasteiger partial charge in [-0.2, -0.15) is 0 Å². The first kappa shape index (κ1) is 21.4. The average Bonchev–Trinajstić information content (AvgIpc) is 2.75. The molecule has 7 nitrogen and oxygen atoms in total. The van der Waals surface area contributed by atoms with Crippen LogP contribution in [0.2, 0.25) is 0 Å². The molecule has 3 aromatic rings. The Morgan fingerprint density at radius 1 is 0.867 bits per heavy atom. The van der Waals surface area contributed by atoms with Gasteiger partial charge in [-0.1, -0.05) is 30.3 Å². The molecule has 156 valence electrons. The number of rotatable bonds is 9. The molecule has 0 saturated carbocycles. The molecular weight excluding hydrogens is 404 g/mol. The Morgan fingerprint density at radius 2 is 1.50 bits per heavy atom. The molecule has 0 atom stereocenters. The first-order chi connectivity index (χ1) is 14.5. The summed E-state index contributed by atoms with van der Waals surface area (Å²) >= 11 is 0. The molecule has 0 aliphatic carbocycles. The SMILES string of the molecule is COCCNC(=O)c1ccccc1NS(=O)(=O)c1ccc(Oc2ccccc2)cc1. The second-order valence-electron chi connectivity index (χ2n) is 6.29. The van der Waals surface area contributed by atoms with Crippen LogP contribution < -0.4 is 14.8 Å². The minimum absolute atomic E-state index is 0.0532. The van der Waals surface area contributed by atoms with Crippen molar-refractivity contribution < 1.29 is 22.7 Å². The summed E-state index contributed by atoms with van der Waals surface area (Å²) in [4.78, 5) is 12.4. The van der Waals surface area contributed by atoms with Crippen LogP contribution in [0.4, 0.5) is 5.69 Å². The van der Waals surface area contributed by atoms with E-state index in [1.165, 1.54) is 25.3 Å². The molecule has 0 fully saturated rings. The lowest BCUT2D eigenvalue weighted by Gasteiger charge is -2.13. The van der Waals surface area contributed by atoms with Gasteiger partial charge >= 0.3 is 0 Å². The molecule has 0 aliphatic rings. The van der Waals surface area contributed by atoms with Crippen LogP contribution in [-0.2, 0) is 14.8 Å². The largest absolute Gasteiger partial charge is 0.457 e. The van der Waals surface area contributed by atoms with Crippen LogP contribution in [0.1, 0.15) is 10.4 Å². The number of carbonyl (C=O) groups excluding carboxylic acids is 1. The number of benzene rings is 3. The quantitative estimate of drug-likeness (QED) is 0.510. The van der Waals surface area contributed by atoms with Gasteiger partial charge < -0.3 is 14.8 Å². The fraction of sp³-hybridized carbons (Fsp3) is 0.136. The van der Waals surface area contributed by atoms with E-state index in [1.54, 1.807) is 42.5 Å². The van der Waals surface area contributed by atoms with Gasteiger partial charge in [-0.3, -0.25) is 9.52 Å². The van der Waals surface area contributed by atoms with Crippen LogP contribution in [0, 0.1) is 0 Å². The number of sulfonamides is 1. The lowest BCUT2D eigenvalue weighted by Crippen LogP contribution is -2.28. The molecule has 3 rings (SSSR count). The predicted octanol–water partition coefficient (Wildman–Crippen LogP) is 3.66. The number of para-hydroxylation sites is 2. The summed E-state index contributed by atoms with van der Waals surface area (Å²) in [5.74, 6) is 0.773.